The number of carboxylic acids is 1. The maximum atomic E-state index is 11.6. The Morgan fingerprint density at radius 2 is 1.79 bits per heavy atom. The van der Waals surface area contributed by atoms with Gasteiger partial charge in [-0.1, -0.05) is 18.2 Å². The van der Waals surface area contributed by atoms with E-state index in [4.69, 9.17) is 5.11 Å². The first kappa shape index (κ1) is 13.3. The molecule has 2 amide bonds. The summed E-state index contributed by atoms with van der Waals surface area (Å²) in [4.78, 5) is 35.6. The maximum Gasteiger partial charge on any atom is 0.335 e. The third-order valence-corrected chi connectivity index (χ3v) is 3.24. The highest BCUT2D eigenvalue weighted by Gasteiger charge is 2.25. The fourth-order valence-electron chi connectivity index (χ4n) is 2.23. The lowest BCUT2D eigenvalue weighted by Crippen LogP contribution is -2.41. The van der Waals surface area contributed by atoms with E-state index in [2.05, 4.69) is 0 Å². The number of amides is 2. The van der Waals surface area contributed by atoms with E-state index >= 15 is 0 Å². The molecule has 0 atom stereocenters. The van der Waals surface area contributed by atoms with E-state index in [9.17, 15) is 14.4 Å². The van der Waals surface area contributed by atoms with Gasteiger partial charge in [0.1, 0.15) is 0 Å². The van der Waals surface area contributed by atoms with Crippen molar-refractivity contribution >= 4 is 17.8 Å². The van der Waals surface area contributed by atoms with Crippen LogP contribution >= 0.6 is 0 Å². The molecule has 0 aliphatic carbocycles. The molecule has 0 unspecified atom stereocenters. The van der Waals surface area contributed by atoms with Crippen LogP contribution in [0.2, 0.25) is 0 Å². The molecule has 1 aromatic rings. The summed E-state index contributed by atoms with van der Waals surface area (Å²) in [5.74, 6) is -1.32. The lowest BCUT2D eigenvalue weighted by Gasteiger charge is -2.24. The molecule has 1 fully saturated rings. The Balaban J connectivity index is 2.08. The number of carbonyl (C=O) groups is 3. The number of carbonyl (C=O) groups excluding carboxylic acids is 2. The molecule has 1 aliphatic rings. The molecule has 1 saturated heterocycles. The summed E-state index contributed by atoms with van der Waals surface area (Å²) in [6.45, 7) is 0.252. The molecular weight excluding hydrogens is 246 g/mol. The van der Waals surface area contributed by atoms with Gasteiger partial charge in [0.15, 0.2) is 0 Å². The van der Waals surface area contributed by atoms with Gasteiger partial charge in [-0.2, -0.15) is 0 Å². The van der Waals surface area contributed by atoms with Crippen molar-refractivity contribution in [1.29, 1.82) is 0 Å². The smallest absolute Gasteiger partial charge is 0.335 e. The van der Waals surface area contributed by atoms with Crippen LogP contribution in [0, 0.1) is 0 Å². The highest BCUT2D eigenvalue weighted by molar-refractivity contribution is 5.97. The largest absolute Gasteiger partial charge is 0.478 e. The second-order valence-electron chi connectivity index (χ2n) is 4.50. The van der Waals surface area contributed by atoms with Gasteiger partial charge in [-0.15, -0.1) is 0 Å². The summed E-state index contributed by atoms with van der Waals surface area (Å²) in [6, 6.07) is 6.64. The van der Waals surface area contributed by atoms with Crippen LogP contribution in [-0.2, 0) is 16.0 Å². The summed E-state index contributed by atoms with van der Waals surface area (Å²) in [5.41, 5.74) is 0.862. The van der Waals surface area contributed by atoms with Gasteiger partial charge >= 0.3 is 5.97 Å². The molecule has 1 N–H and O–H groups in total. The van der Waals surface area contributed by atoms with Crippen LogP contribution in [0.1, 0.15) is 35.2 Å². The molecular formula is C14H15NO4. The predicted octanol–water partition coefficient (Wildman–Crippen LogP) is 1.47. The van der Waals surface area contributed by atoms with Crippen LogP contribution in [0.15, 0.2) is 24.3 Å². The number of carboxylic acid groups (broad SMARTS) is 1. The van der Waals surface area contributed by atoms with Crippen LogP contribution < -0.4 is 0 Å². The molecule has 0 aromatic heterocycles. The molecule has 0 spiro atoms. The third kappa shape index (κ3) is 2.99. The Morgan fingerprint density at radius 3 is 2.42 bits per heavy atom. The summed E-state index contributed by atoms with van der Waals surface area (Å²) < 4.78 is 0. The lowest BCUT2D eigenvalue weighted by molar-refractivity contribution is -0.147. The first-order valence-corrected chi connectivity index (χ1v) is 6.24. The van der Waals surface area contributed by atoms with Crippen molar-refractivity contribution in [3.8, 4) is 0 Å². The molecule has 0 saturated carbocycles. The first-order valence-electron chi connectivity index (χ1n) is 6.24. The van der Waals surface area contributed by atoms with Gasteiger partial charge in [0.2, 0.25) is 11.8 Å². The first-order chi connectivity index (χ1) is 9.09. The van der Waals surface area contributed by atoms with E-state index in [1.165, 1.54) is 11.0 Å². The fourth-order valence-corrected chi connectivity index (χ4v) is 2.23. The molecule has 19 heavy (non-hydrogen) atoms. The Labute approximate surface area is 110 Å². The monoisotopic (exact) mass is 261 g/mol. The molecule has 2 rings (SSSR count). The van der Waals surface area contributed by atoms with E-state index in [0.29, 0.717) is 31.2 Å². The number of hydrogen-bond donors (Lipinski definition) is 1. The molecule has 5 heteroatoms. The normalized spacial score (nSPS) is 15.7. The Morgan fingerprint density at radius 1 is 1.16 bits per heavy atom. The number of aromatic carboxylic acids is 1. The van der Waals surface area contributed by atoms with Gasteiger partial charge < -0.3 is 5.11 Å². The average molecular weight is 261 g/mol. The highest BCUT2D eigenvalue weighted by atomic mass is 16.4. The van der Waals surface area contributed by atoms with Crippen molar-refractivity contribution in [2.24, 2.45) is 0 Å². The van der Waals surface area contributed by atoms with Gasteiger partial charge in [0.05, 0.1) is 5.56 Å². The Bertz CT molecular complexity index is 508. The average Bonchev–Trinajstić information content (AvgIpc) is 2.38. The summed E-state index contributed by atoms with van der Waals surface area (Å²) in [6.07, 6.45) is 1.78. The third-order valence-electron chi connectivity index (χ3n) is 3.24. The number of benzene rings is 1. The Hall–Kier alpha value is -2.17. The highest BCUT2D eigenvalue weighted by Crippen LogP contribution is 2.15. The van der Waals surface area contributed by atoms with Crippen LogP contribution in [0.5, 0.6) is 0 Å². The van der Waals surface area contributed by atoms with Crippen molar-refractivity contribution in [2.75, 3.05) is 6.54 Å². The number of hydrogen-bond acceptors (Lipinski definition) is 3. The number of imide groups is 1. The molecule has 1 aromatic carbocycles. The standard InChI is InChI=1S/C14H15NO4/c16-12-6-3-7-13(17)15(12)9-8-10-4-1-2-5-11(10)14(18)19/h1-2,4-5H,3,6-9H2,(H,18,19). The van der Waals surface area contributed by atoms with Crippen LogP contribution in [0.4, 0.5) is 0 Å². The van der Waals surface area contributed by atoms with Crippen molar-refractivity contribution < 1.29 is 19.5 Å². The summed E-state index contributed by atoms with van der Waals surface area (Å²) in [7, 11) is 0. The van der Waals surface area contributed by atoms with E-state index in [1.54, 1.807) is 18.2 Å². The zero-order valence-electron chi connectivity index (χ0n) is 10.5. The van der Waals surface area contributed by atoms with Crippen LogP contribution in [0.3, 0.4) is 0 Å². The molecule has 1 heterocycles. The minimum atomic E-state index is -0.994. The second kappa shape index (κ2) is 5.65. The topological polar surface area (TPSA) is 74.7 Å². The van der Waals surface area contributed by atoms with E-state index in [-0.39, 0.29) is 23.9 Å². The molecule has 1 aliphatic heterocycles. The van der Waals surface area contributed by atoms with Crippen molar-refractivity contribution in [2.45, 2.75) is 25.7 Å². The molecule has 5 nitrogen and oxygen atoms in total. The van der Waals surface area contributed by atoms with E-state index in [1.807, 2.05) is 0 Å². The summed E-state index contributed by atoms with van der Waals surface area (Å²) >= 11 is 0. The van der Waals surface area contributed by atoms with Gasteiger partial charge in [-0.05, 0) is 24.5 Å². The summed E-state index contributed by atoms with van der Waals surface area (Å²) in [5, 5.41) is 9.06. The fraction of sp³-hybridized carbons (Fsp3) is 0.357. The SMILES string of the molecule is O=C(O)c1ccccc1CCN1C(=O)CCCC1=O. The number of nitrogens with zero attached hydrogens (tertiary/aromatic N) is 1. The van der Waals surface area contributed by atoms with Crippen molar-refractivity contribution in [3.05, 3.63) is 35.4 Å². The zero-order valence-corrected chi connectivity index (χ0v) is 10.5. The van der Waals surface area contributed by atoms with Crippen LogP contribution in [0.25, 0.3) is 0 Å². The van der Waals surface area contributed by atoms with Gasteiger partial charge in [-0.3, -0.25) is 14.5 Å². The Kier molecular flexibility index (Phi) is 3.94. The number of rotatable bonds is 4. The van der Waals surface area contributed by atoms with E-state index in [0.717, 1.165) is 0 Å². The number of piperidine rings is 1. The van der Waals surface area contributed by atoms with Gasteiger partial charge in [-0.25, -0.2) is 4.79 Å². The quantitative estimate of drug-likeness (QED) is 0.833. The zero-order chi connectivity index (χ0) is 13.8. The van der Waals surface area contributed by atoms with Gasteiger partial charge in [0, 0.05) is 19.4 Å². The molecule has 0 radical (unpaired) electrons. The van der Waals surface area contributed by atoms with E-state index < -0.39 is 5.97 Å². The predicted molar refractivity (Wildman–Crippen MR) is 67.7 cm³/mol. The molecule has 100 valence electrons. The lowest BCUT2D eigenvalue weighted by atomic mass is 10.0. The second-order valence-corrected chi connectivity index (χ2v) is 4.50. The van der Waals surface area contributed by atoms with Crippen molar-refractivity contribution in [1.82, 2.24) is 4.90 Å². The minimum absolute atomic E-state index is 0.163. The van der Waals surface area contributed by atoms with Crippen LogP contribution in [-0.4, -0.2) is 34.3 Å². The number of likely N-dealkylation sites (tertiary alicyclic amines) is 1. The molecule has 0 bridgehead atoms. The van der Waals surface area contributed by atoms with Gasteiger partial charge in [0.25, 0.3) is 0 Å². The maximum absolute atomic E-state index is 11.6. The minimum Gasteiger partial charge on any atom is -0.478 e. The van der Waals surface area contributed by atoms with Crippen molar-refractivity contribution in [3.63, 3.8) is 0 Å².